The summed E-state index contributed by atoms with van der Waals surface area (Å²) in [5.74, 6) is -0.316. The van der Waals surface area contributed by atoms with E-state index >= 15 is 0 Å². The van der Waals surface area contributed by atoms with Crippen LogP contribution in [0.1, 0.15) is 0 Å². The molecule has 0 aliphatic heterocycles. The molecule has 0 saturated heterocycles. The third kappa shape index (κ3) is 1.65. The molecular formula is C7H3ClFN3O. The summed E-state index contributed by atoms with van der Waals surface area (Å²) in [7, 11) is 0. The lowest BCUT2D eigenvalue weighted by Gasteiger charge is -1.91. The normalized spacial score (nSPS) is 10.3. The summed E-state index contributed by atoms with van der Waals surface area (Å²) in [6, 6.07) is 1.23. The minimum atomic E-state index is -0.466. The minimum Gasteiger partial charge on any atom is -0.333 e. The molecule has 0 aliphatic rings. The molecule has 0 amide bonds. The van der Waals surface area contributed by atoms with Gasteiger partial charge in [-0.1, -0.05) is 0 Å². The van der Waals surface area contributed by atoms with Crippen molar-refractivity contribution in [2.24, 2.45) is 0 Å². The fourth-order valence-corrected chi connectivity index (χ4v) is 0.963. The van der Waals surface area contributed by atoms with Gasteiger partial charge in [-0.05, 0) is 22.8 Å². The first-order chi connectivity index (χ1) is 6.25. The summed E-state index contributed by atoms with van der Waals surface area (Å²) in [6.45, 7) is 0. The predicted octanol–water partition coefficient (Wildman–Crippen LogP) is 1.92. The second kappa shape index (κ2) is 3.10. The minimum absolute atomic E-state index is 0.0146. The molecule has 0 atom stereocenters. The summed E-state index contributed by atoms with van der Waals surface area (Å²) in [5, 5.41) is 3.34. The van der Waals surface area contributed by atoms with Crippen molar-refractivity contribution in [1.82, 2.24) is 15.1 Å². The monoisotopic (exact) mass is 199 g/mol. The molecule has 4 nitrogen and oxygen atoms in total. The maximum atomic E-state index is 12.7. The zero-order valence-electron chi connectivity index (χ0n) is 6.24. The summed E-state index contributed by atoms with van der Waals surface area (Å²) in [4.78, 5) is 7.33. The van der Waals surface area contributed by atoms with Crippen molar-refractivity contribution in [3.63, 3.8) is 0 Å². The average Bonchev–Trinajstić information content (AvgIpc) is 2.52. The van der Waals surface area contributed by atoms with E-state index in [2.05, 4.69) is 15.1 Å². The van der Waals surface area contributed by atoms with Gasteiger partial charge in [-0.25, -0.2) is 4.39 Å². The molecule has 0 N–H and O–H groups in total. The number of rotatable bonds is 1. The third-order valence-electron chi connectivity index (χ3n) is 1.35. The predicted molar refractivity (Wildman–Crippen MR) is 42.5 cm³/mol. The Morgan fingerprint density at radius 3 is 2.85 bits per heavy atom. The molecule has 2 aromatic rings. The number of aromatic nitrogens is 3. The van der Waals surface area contributed by atoms with E-state index < -0.39 is 5.82 Å². The van der Waals surface area contributed by atoms with Crippen molar-refractivity contribution in [1.29, 1.82) is 0 Å². The van der Waals surface area contributed by atoms with Gasteiger partial charge in [0.05, 0.1) is 11.8 Å². The van der Waals surface area contributed by atoms with Gasteiger partial charge in [-0.3, -0.25) is 4.98 Å². The van der Waals surface area contributed by atoms with Crippen LogP contribution in [0.3, 0.4) is 0 Å². The largest absolute Gasteiger partial charge is 0.333 e. The first-order valence-corrected chi connectivity index (χ1v) is 3.73. The Labute approximate surface area is 77.4 Å². The van der Waals surface area contributed by atoms with Crippen molar-refractivity contribution in [2.45, 2.75) is 0 Å². The summed E-state index contributed by atoms with van der Waals surface area (Å²) in [5.41, 5.74) is 0.402. The lowest BCUT2D eigenvalue weighted by molar-refractivity contribution is 0.430. The maximum absolute atomic E-state index is 12.7. The number of pyridine rings is 1. The van der Waals surface area contributed by atoms with Crippen molar-refractivity contribution in [2.75, 3.05) is 0 Å². The van der Waals surface area contributed by atoms with Crippen molar-refractivity contribution in [3.8, 4) is 11.5 Å². The van der Waals surface area contributed by atoms with Gasteiger partial charge < -0.3 is 4.52 Å². The van der Waals surface area contributed by atoms with E-state index in [0.717, 1.165) is 6.20 Å². The Balaban J connectivity index is 2.46. The van der Waals surface area contributed by atoms with Crippen LogP contribution in [0.5, 0.6) is 0 Å². The molecule has 2 aromatic heterocycles. The Kier molecular flexibility index (Phi) is 1.94. The lowest BCUT2D eigenvalue weighted by Crippen LogP contribution is -1.82. The number of nitrogens with zero attached hydrogens (tertiary/aromatic N) is 3. The maximum Gasteiger partial charge on any atom is 0.264 e. The molecule has 2 heterocycles. The molecule has 0 unspecified atom stereocenters. The van der Waals surface area contributed by atoms with Crippen LogP contribution in [0.25, 0.3) is 11.5 Å². The van der Waals surface area contributed by atoms with Gasteiger partial charge in [-0.2, -0.15) is 4.98 Å². The summed E-state index contributed by atoms with van der Waals surface area (Å²) >= 11 is 5.42. The molecule has 0 aromatic carbocycles. The quantitative estimate of drug-likeness (QED) is 0.704. The molecule has 13 heavy (non-hydrogen) atoms. The van der Waals surface area contributed by atoms with Gasteiger partial charge in [0.25, 0.3) is 11.2 Å². The van der Waals surface area contributed by atoms with Gasteiger partial charge >= 0.3 is 0 Å². The molecule has 6 heteroatoms. The topological polar surface area (TPSA) is 51.8 Å². The number of hydrogen-bond donors (Lipinski definition) is 0. The highest BCUT2D eigenvalue weighted by molar-refractivity contribution is 6.28. The van der Waals surface area contributed by atoms with Gasteiger partial charge in [0.15, 0.2) is 0 Å². The Morgan fingerprint density at radius 1 is 1.38 bits per heavy atom. The van der Waals surface area contributed by atoms with Gasteiger partial charge in [-0.15, -0.1) is 0 Å². The molecular weight excluding hydrogens is 197 g/mol. The first-order valence-electron chi connectivity index (χ1n) is 3.36. The molecule has 0 fully saturated rings. The Hall–Kier alpha value is -1.49. The zero-order chi connectivity index (χ0) is 9.26. The summed E-state index contributed by atoms with van der Waals surface area (Å²) in [6.07, 6.45) is 2.49. The van der Waals surface area contributed by atoms with Crippen LogP contribution in [0, 0.1) is 5.82 Å². The molecule has 0 bridgehead atoms. The van der Waals surface area contributed by atoms with Crippen LogP contribution < -0.4 is 0 Å². The first kappa shape index (κ1) is 8.12. The molecule has 66 valence electrons. The zero-order valence-corrected chi connectivity index (χ0v) is 6.99. The lowest BCUT2D eigenvalue weighted by atomic mass is 10.3. The summed E-state index contributed by atoms with van der Waals surface area (Å²) < 4.78 is 17.4. The van der Waals surface area contributed by atoms with Gasteiger partial charge in [0, 0.05) is 6.20 Å². The second-order valence-electron chi connectivity index (χ2n) is 2.26. The van der Waals surface area contributed by atoms with E-state index in [1.165, 1.54) is 12.3 Å². The number of hydrogen-bond acceptors (Lipinski definition) is 4. The average molecular weight is 200 g/mol. The van der Waals surface area contributed by atoms with Crippen molar-refractivity contribution < 1.29 is 8.91 Å². The van der Waals surface area contributed by atoms with Crippen LogP contribution in [0.15, 0.2) is 23.0 Å². The molecule has 0 spiro atoms. The molecule has 0 saturated carbocycles. The molecule has 0 radical (unpaired) electrons. The highest BCUT2D eigenvalue weighted by Crippen LogP contribution is 2.17. The van der Waals surface area contributed by atoms with E-state index in [0.29, 0.717) is 5.56 Å². The van der Waals surface area contributed by atoms with Crippen LogP contribution in [-0.4, -0.2) is 15.1 Å². The fraction of sp³-hybridized carbons (Fsp3) is 0. The standard InChI is InChI=1S/C7H3ClFN3O/c8-7-11-6(13-12-7)4-1-5(9)3-10-2-4/h1-3H. The third-order valence-corrected chi connectivity index (χ3v) is 1.51. The van der Waals surface area contributed by atoms with Crippen LogP contribution >= 0.6 is 11.6 Å². The van der Waals surface area contributed by atoms with E-state index in [1.54, 1.807) is 0 Å². The fourth-order valence-electron chi connectivity index (χ4n) is 0.852. The van der Waals surface area contributed by atoms with Crippen molar-refractivity contribution >= 4 is 11.6 Å². The van der Waals surface area contributed by atoms with Crippen molar-refractivity contribution in [3.05, 3.63) is 29.6 Å². The highest BCUT2D eigenvalue weighted by Gasteiger charge is 2.07. The van der Waals surface area contributed by atoms with Crippen LogP contribution in [-0.2, 0) is 0 Å². The molecule has 0 aliphatic carbocycles. The Bertz CT molecular complexity index is 431. The van der Waals surface area contributed by atoms with Gasteiger partial charge in [0.1, 0.15) is 5.82 Å². The SMILES string of the molecule is Fc1cncc(-c2nc(Cl)no2)c1. The highest BCUT2D eigenvalue weighted by atomic mass is 35.5. The van der Waals surface area contributed by atoms with E-state index in [-0.39, 0.29) is 11.2 Å². The van der Waals surface area contributed by atoms with E-state index in [4.69, 9.17) is 16.1 Å². The van der Waals surface area contributed by atoms with Gasteiger partial charge in [0.2, 0.25) is 0 Å². The smallest absolute Gasteiger partial charge is 0.264 e. The molecule has 2 rings (SSSR count). The van der Waals surface area contributed by atoms with E-state index in [9.17, 15) is 4.39 Å². The van der Waals surface area contributed by atoms with E-state index in [1.807, 2.05) is 0 Å². The van der Waals surface area contributed by atoms with Crippen LogP contribution in [0.2, 0.25) is 5.28 Å². The number of halogens is 2. The second-order valence-corrected chi connectivity index (χ2v) is 2.60. The Morgan fingerprint density at radius 2 is 2.23 bits per heavy atom. The van der Waals surface area contributed by atoms with Crippen LogP contribution in [0.4, 0.5) is 4.39 Å².